The van der Waals surface area contributed by atoms with Gasteiger partial charge in [0.1, 0.15) is 0 Å². The molecule has 0 spiro atoms. The van der Waals surface area contributed by atoms with Crippen LogP contribution in [0.15, 0.2) is 24.3 Å². The molecule has 1 atom stereocenters. The molecule has 0 radical (unpaired) electrons. The highest BCUT2D eigenvalue weighted by molar-refractivity contribution is 5.48. The van der Waals surface area contributed by atoms with Crippen LogP contribution in [0, 0.1) is 5.92 Å². The van der Waals surface area contributed by atoms with E-state index in [1.54, 1.807) is 6.07 Å². The molecule has 100 valence electrons. The normalized spacial score (nSPS) is 20.1. The Morgan fingerprint density at radius 1 is 1.39 bits per heavy atom. The van der Waals surface area contributed by atoms with Crippen LogP contribution in [0.5, 0.6) is 0 Å². The molecule has 1 fully saturated rings. The molecular formula is C13H17F3N2. The van der Waals surface area contributed by atoms with Crippen molar-refractivity contribution >= 4 is 5.69 Å². The van der Waals surface area contributed by atoms with Crippen LogP contribution in [0.2, 0.25) is 0 Å². The van der Waals surface area contributed by atoms with E-state index in [2.05, 4.69) is 5.32 Å². The van der Waals surface area contributed by atoms with Crippen molar-refractivity contribution in [2.45, 2.75) is 12.6 Å². The number of halogens is 3. The SMILES string of the molecule is CN(CC1CCNC1)c1cccc(C(F)(F)F)c1. The molecule has 1 heterocycles. The second kappa shape index (κ2) is 5.18. The minimum Gasteiger partial charge on any atom is -0.374 e. The number of nitrogens with one attached hydrogen (secondary N) is 1. The van der Waals surface area contributed by atoms with Crippen LogP contribution < -0.4 is 10.2 Å². The van der Waals surface area contributed by atoms with Crippen LogP contribution >= 0.6 is 0 Å². The first-order valence-corrected chi connectivity index (χ1v) is 6.06. The van der Waals surface area contributed by atoms with Gasteiger partial charge in [0, 0.05) is 19.3 Å². The summed E-state index contributed by atoms with van der Waals surface area (Å²) in [5.74, 6) is 0.518. The molecule has 0 aromatic heterocycles. The quantitative estimate of drug-likeness (QED) is 0.896. The summed E-state index contributed by atoms with van der Waals surface area (Å²) in [6, 6.07) is 5.50. The maximum Gasteiger partial charge on any atom is 0.416 e. The van der Waals surface area contributed by atoms with E-state index in [1.807, 2.05) is 11.9 Å². The Labute approximate surface area is 105 Å². The van der Waals surface area contributed by atoms with E-state index < -0.39 is 11.7 Å². The van der Waals surface area contributed by atoms with Crippen molar-refractivity contribution in [1.82, 2.24) is 5.32 Å². The Hall–Kier alpha value is -1.23. The van der Waals surface area contributed by atoms with Crippen LogP contribution in [0.3, 0.4) is 0 Å². The summed E-state index contributed by atoms with van der Waals surface area (Å²) >= 11 is 0. The predicted molar refractivity (Wildman–Crippen MR) is 65.7 cm³/mol. The Morgan fingerprint density at radius 3 is 2.78 bits per heavy atom. The number of anilines is 1. The zero-order valence-electron chi connectivity index (χ0n) is 10.3. The van der Waals surface area contributed by atoms with E-state index in [-0.39, 0.29) is 0 Å². The van der Waals surface area contributed by atoms with Gasteiger partial charge in [-0.25, -0.2) is 0 Å². The predicted octanol–water partition coefficient (Wildman–Crippen LogP) is 2.75. The van der Waals surface area contributed by atoms with Gasteiger partial charge in [0.15, 0.2) is 0 Å². The maximum absolute atomic E-state index is 12.6. The lowest BCUT2D eigenvalue weighted by Crippen LogP contribution is -2.26. The number of rotatable bonds is 3. The van der Waals surface area contributed by atoms with Crippen molar-refractivity contribution in [2.24, 2.45) is 5.92 Å². The van der Waals surface area contributed by atoms with Crippen LogP contribution in [0.25, 0.3) is 0 Å². The van der Waals surface area contributed by atoms with Crippen LogP contribution in [-0.4, -0.2) is 26.7 Å². The highest BCUT2D eigenvalue weighted by Gasteiger charge is 2.30. The van der Waals surface area contributed by atoms with Gasteiger partial charge in [-0.2, -0.15) is 13.2 Å². The Kier molecular flexibility index (Phi) is 3.80. The lowest BCUT2D eigenvalue weighted by Gasteiger charge is -2.23. The standard InChI is InChI=1S/C13H17F3N2/c1-18(9-10-5-6-17-8-10)12-4-2-3-11(7-12)13(14,15)16/h2-4,7,10,17H,5-6,8-9H2,1H3. The first kappa shape index (κ1) is 13.2. The molecular weight excluding hydrogens is 241 g/mol. The van der Waals surface area contributed by atoms with E-state index in [0.717, 1.165) is 32.1 Å². The zero-order valence-corrected chi connectivity index (χ0v) is 10.3. The third-order valence-electron chi connectivity index (χ3n) is 3.31. The number of benzene rings is 1. The van der Waals surface area contributed by atoms with Gasteiger partial charge in [-0.1, -0.05) is 6.07 Å². The van der Waals surface area contributed by atoms with E-state index in [9.17, 15) is 13.2 Å². The summed E-state index contributed by atoms with van der Waals surface area (Å²) in [5.41, 5.74) is 0.0353. The molecule has 1 unspecified atom stereocenters. The van der Waals surface area contributed by atoms with Crippen LogP contribution in [-0.2, 0) is 6.18 Å². The fourth-order valence-corrected chi connectivity index (χ4v) is 2.28. The van der Waals surface area contributed by atoms with Gasteiger partial charge in [0.2, 0.25) is 0 Å². The van der Waals surface area contributed by atoms with E-state index >= 15 is 0 Å². The average Bonchev–Trinajstić information content (AvgIpc) is 2.81. The third kappa shape index (κ3) is 3.16. The van der Waals surface area contributed by atoms with Crippen molar-refractivity contribution in [2.75, 3.05) is 31.6 Å². The van der Waals surface area contributed by atoms with E-state index in [0.29, 0.717) is 11.6 Å². The van der Waals surface area contributed by atoms with Crippen molar-refractivity contribution in [3.05, 3.63) is 29.8 Å². The van der Waals surface area contributed by atoms with Gasteiger partial charge in [0.25, 0.3) is 0 Å². The van der Waals surface area contributed by atoms with Crippen molar-refractivity contribution in [3.63, 3.8) is 0 Å². The first-order valence-electron chi connectivity index (χ1n) is 6.06. The Bertz CT molecular complexity index is 397. The second-order valence-electron chi connectivity index (χ2n) is 4.79. The summed E-state index contributed by atoms with van der Waals surface area (Å²) in [6.45, 7) is 2.73. The van der Waals surface area contributed by atoms with Crippen molar-refractivity contribution < 1.29 is 13.2 Å². The monoisotopic (exact) mass is 258 g/mol. The minimum absolute atomic E-state index is 0.518. The van der Waals surface area contributed by atoms with Gasteiger partial charge in [-0.3, -0.25) is 0 Å². The number of alkyl halides is 3. The molecule has 0 amide bonds. The van der Waals surface area contributed by atoms with Crippen molar-refractivity contribution in [1.29, 1.82) is 0 Å². The molecule has 1 aromatic carbocycles. The summed E-state index contributed by atoms with van der Waals surface area (Å²) in [7, 11) is 1.84. The van der Waals surface area contributed by atoms with Gasteiger partial charge in [-0.05, 0) is 43.6 Å². The molecule has 1 N–H and O–H groups in total. The number of nitrogens with zero attached hydrogens (tertiary/aromatic N) is 1. The smallest absolute Gasteiger partial charge is 0.374 e. The fourth-order valence-electron chi connectivity index (χ4n) is 2.28. The van der Waals surface area contributed by atoms with Gasteiger partial charge >= 0.3 is 6.18 Å². The fraction of sp³-hybridized carbons (Fsp3) is 0.538. The van der Waals surface area contributed by atoms with E-state index in [4.69, 9.17) is 0 Å². The molecule has 1 aliphatic heterocycles. The minimum atomic E-state index is -4.27. The maximum atomic E-state index is 12.6. The van der Waals surface area contributed by atoms with Gasteiger partial charge < -0.3 is 10.2 Å². The molecule has 18 heavy (non-hydrogen) atoms. The number of hydrogen-bond donors (Lipinski definition) is 1. The molecule has 1 aliphatic rings. The summed E-state index contributed by atoms with van der Waals surface area (Å²) in [6.07, 6.45) is -3.19. The van der Waals surface area contributed by atoms with E-state index in [1.165, 1.54) is 12.1 Å². The Balaban J connectivity index is 2.07. The molecule has 2 rings (SSSR count). The molecule has 1 saturated heterocycles. The lowest BCUT2D eigenvalue weighted by molar-refractivity contribution is -0.137. The molecule has 0 saturated carbocycles. The average molecular weight is 258 g/mol. The Morgan fingerprint density at radius 2 is 2.17 bits per heavy atom. The zero-order chi connectivity index (χ0) is 13.2. The molecule has 5 heteroatoms. The highest BCUT2D eigenvalue weighted by Crippen LogP contribution is 2.31. The third-order valence-corrected chi connectivity index (χ3v) is 3.31. The van der Waals surface area contributed by atoms with Crippen LogP contribution in [0.1, 0.15) is 12.0 Å². The van der Waals surface area contributed by atoms with Gasteiger partial charge in [-0.15, -0.1) is 0 Å². The van der Waals surface area contributed by atoms with Crippen LogP contribution in [0.4, 0.5) is 18.9 Å². The topological polar surface area (TPSA) is 15.3 Å². The first-order chi connectivity index (χ1) is 8.47. The molecule has 2 nitrogen and oxygen atoms in total. The second-order valence-corrected chi connectivity index (χ2v) is 4.79. The largest absolute Gasteiger partial charge is 0.416 e. The molecule has 1 aromatic rings. The number of hydrogen-bond acceptors (Lipinski definition) is 2. The van der Waals surface area contributed by atoms with Gasteiger partial charge in [0.05, 0.1) is 5.56 Å². The summed E-state index contributed by atoms with van der Waals surface area (Å²) in [4.78, 5) is 1.90. The molecule has 0 aliphatic carbocycles. The highest BCUT2D eigenvalue weighted by atomic mass is 19.4. The summed E-state index contributed by atoms with van der Waals surface area (Å²) in [5, 5.41) is 3.26. The molecule has 0 bridgehead atoms. The van der Waals surface area contributed by atoms with Crippen molar-refractivity contribution in [3.8, 4) is 0 Å². The summed E-state index contributed by atoms with van der Waals surface area (Å²) < 4.78 is 37.8. The lowest BCUT2D eigenvalue weighted by atomic mass is 10.1.